The number of rotatable bonds is 4. The standard InChI is InChI=1S/C17H20N2OS/c1-13-6-8-14(9-7-13)18-12-17(20)19-10-2-4-15(19)16-5-3-11-21-16/h3,5-9,11,15,18H,2,4,10,12H2,1H3. The molecule has 1 N–H and O–H groups in total. The number of benzene rings is 1. The van der Waals surface area contributed by atoms with Crippen LogP contribution in [0.3, 0.4) is 0 Å². The first-order valence-electron chi connectivity index (χ1n) is 7.37. The van der Waals surface area contributed by atoms with Gasteiger partial charge in [-0.1, -0.05) is 23.8 Å². The number of anilines is 1. The number of amides is 1. The van der Waals surface area contributed by atoms with Gasteiger partial charge in [0.25, 0.3) is 0 Å². The van der Waals surface area contributed by atoms with Crippen LogP contribution in [0.15, 0.2) is 41.8 Å². The van der Waals surface area contributed by atoms with E-state index in [4.69, 9.17) is 0 Å². The molecule has 4 heteroatoms. The number of aryl methyl sites for hydroxylation is 1. The second kappa shape index (κ2) is 6.31. The first kappa shape index (κ1) is 14.1. The first-order valence-corrected chi connectivity index (χ1v) is 8.25. The molecule has 2 aromatic rings. The molecule has 1 atom stereocenters. The van der Waals surface area contributed by atoms with Crippen molar-refractivity contribution in [1.29, 1.82) is 0 Å². The molecule has 2 heterocycles. The average molecular weight is 300 g/mol. The molecule has 3 rings (SSSR count). The summed E-state index contributed by atoms with van der Waals surface area (Å²) in [5.41, 5.74) is 2.23. The summed E-state index contributed by atoms with van der Waals surface area (Å²) in [6, 6.07) is 12.6. The van der Waals surface area contributed by atoms with Crippen LogP contribution in [-0.4, -0.2) is 23.9 Å². The van der Waals surface area contributed by atoms with Gasteiger partial charge >= 0.3 is 0 Å². The van der Waals surface area contributed by atoms with Gasteiger partial charge in [0.05, 0.1) is 12.6 Å². The lowest BCUT2D eigenvalue weighted by atomic mass is 10.2. The molecule has 0 aliphatic carbocycles. The fourth-order valence-electron chi connectivity index (χ4n) is 2.79. The number of nitrogens with zero attached hydrogens (tertiary/aromatic N) is 1. The van der Waals surface area contributed by atoms with E-state index in [1.165, 1.54) is 10.4 Å². The normalized spacial score (nSPS) is 18.0. The van der Waals surface area contributed by atoms with E-state index in [1.807, 2.05) is 17.0 Å². The SMILES string of the molecule is Cc1ccc(NCC(=O)N2CCCC2c2cccs2)cc1. The van der Waals surface area contributed by atoms with Gasteiger partial charge in [0, 0.05) is 17.1 Å². The maximum Gasteiger partial charge on any atom is 0.242 e. The molecule has 21 heavy (non-hydrogen) atoms. The van der Waals surface area contributed by atoms with Crippen LogP contribution in [0.4, 0.5) is 5.69 Å². The van der Waals surface area contributed by atoms with Crippen LogP contribution in [-0.2, 0) is 4.79 Å². The highest BCUT2D eigenvalue weighted by Crippen LogP contribution is 2.34. The molecule has 0 bridgehead atoms. The molecule has 0 spiro atoms. The molecule has 1 aliphatic heterocycles. The molecule has 3 nitrogen and oxygen atoms in total. The van der Waals surface area contributed by atoms with Gasteiger partial charge in [-0.05, 0) is 43.3 Å². The Labute approximate surface area is 129 Å². The van der Waals surface area contributed by atoms with E-state index in [1.54, 1.807) is 11.3 Å². The van der Waals surface area contributed by atoms with E-state index >= 15 is 0 Å². The number of thiophene rings is 1. The van der Waals surface area contributed by atoms with Gasteiger partial charge < -0.3 is 10.2 Å². The number of carbonyl (C=O) groups excluding carboxylic acids is 1. The number of hydrogen-bond donors (Lipinski definition) is 1. The Bertz CT molecular complexity index is 592. The highest BCUT2D eigenvalue weighted by molar-refractivity contribution is 7.10. The summed E-state index contributed by atoms with van der Waals surface area (Å²) in [5, 5.41) is 5.31. The molecule has 0 saturated carbocycles. The maximum atomic E-state index is 12.5. The van der Waals surface area contributed by atoms with Gasteiger partial charge in [-0.2, -0.15) is 0 Å². The Morgan fingerprint density at radius 2 is 2.14 bits per heavy atom. The molecule has 1 amide bonds. The summed E-state index contributed by atoms with van der Waals surface area (Å²) < 4.78 is 0. The summed E-state index contributed by atoms with van der Waals surface area (Å²) in [6.07, 6.45) is 2.18. The van der Waals surface area contributed by atoms with Gasteiger partial charge in [0.2, 0.25) is 5.91 Å². The van der Waals surface area contributed by atoms with Crippen LogP contribution in [0.25, 0.3) is 0 Å². The summed E-state index contributed by atoms with van der Waals surface area (Å²) >= 11 is 1.74. The molecular weight excluding hydrogens is 280 g/mol. The third kappa shape index (κ3) is 3.27. The fourth-order valence-corrected chi connectivity index (χ4v) is 3.67. The number of nitrogens with one attached hydrogen (secondary N) is 1. The van der Waals surface area contributed by atoms with E-state index in [2.05, 4.69) is 41.9 Å². The van der Waals surface area contributed by atoms with E-state index < -0.39 is 0 Å². The van der Waals surface area contributed by atoms with Crippen molar-refractivity contribution in [3.8, 4) is 0 Å². The first-order chi connectivity index (χ1) is 10.2. The van der Waals surface area contributed by atoms with Gasteiger partial charge in [-0.3, -0.25) is 4.79 Å². The van der Waals surface area contributed by atoms with Crippen LogP contribution in [0.2, 0.25) is 0 Å². The van der Waals surface area contributed by atoms with Crippen molar-refractivity contribution in [3.63, 3.8) is 0 Å². The Morgan fingerprint density at radius 1 is 1.33 bits per heavy atom. The van der Waals surface area contributed by atoms with Crippen molar-refractivity contribution in [2.45, 2.75) is 25.8 Å². The fraction of sp³-hybridized carbons (Fsp3) is 0.353. The molecule has 0 radical (unpaired) electrons. The Hall–Kier alpha value is -1.81. The van der Waals surface area contributed by atoms with Crippen LogP contribution in [0, 0.1) is 6.92 Å². The third-order valence-corrected chi connectivity index (χ3v) is 4.91. The average Bonchev–Trinajstić information content (AvgIpc) is 3.16. The smallest absolute Gasteiger partial charge is 0.242 e. The monoisotopic (exact) mass is 300 g/mol. The molecule has 1 aromatic carbocycles. The zero-order valence-electron chi connectivity index (χ0n) is 12.2. The third-order valence-electron chi connectivity index (χ3n) is 3.94. The molecule has 1 unspecified atom stereocenters. The lowest BCUT2D eigenvalue weighted by molar-refractivity contribution is -0.130. The molecule has 1 aromatic heterocycles. The lowest BCUT2D eigenvalue weighted by Crippen LogP contribution is -2.34. The lowest BCUT2D eigenvalue weighted by Gasteiger charge is -2.24. The Morgan fingerprint density at radius 3 is 2.86 bits per heavy atom. The largest absolute Gasteiger partial charge is 0.376 e. The van der Waals surface area contributed by atoms with Crippen molar-refractivity contribution in [2.24, 2.45) is 0 Å². The van der Waals surface area contributed by atoms with Crippen LogP contribution in [0.5, 0.6) is 0 Å². The minimum absolute atomic E-state index is 0.187. The minimum atomic E-state index is 0.187. The van der Waals surface area contributed by atoms with Crippen LogP contribution < -0.4 is 5.32 Å². The van der Waals surface area contributed by atoms with Crippen molar-refractivity contribution in [2.75, 3.05) is 18.4 Å². The van der Waals surface area contributed by atoms with E-state index in [-0.39, 0.29) is 11.9 Å². The van der Waals surface area contributed by atoms with E-state index in [0.717, 1.165) is 25.1 Å². The number of likely N-dealkylation sites (tertiary alicyclic amines) is 1. The van der Waals surface area contributed by atoms with Crippen molar-refractivity contribution in [1.82, 2.24) is 4.90 Å². The zero-order valence-corrected chi connectivity index (χ0v) is 13.0. The Balaban J connectivity index is 1.61. The number of hydrogen-bond acceptors (Lipinski definition) is 3. The topological polar surface area (TPSA) is 32.3 Å². The van der Waals surface area contributed by atoms with Crippen LogP contribution in [0.1, 0.15) is 29.3 Å². The predicted molar refractivity (Wildman–Crippen MR) is 87.7 cm³/mol. The summed E-state index contributed by atoms with van der Waals surface area (Å²) in [7, 11) is 0. The number of carbonyl (C=O) groups is 1. The van der Waals surface area contributed by atoms with Gasteiger partial charge in [-0.25, -0.2) is 0 Å². The quantitative estimate of drug-likeness (QED) is 0.930. The summed E-state index contributed by atoms with van der Waals surface area (Å²) in [6.45, 7) is 3.30. The maximum absolute atomic E-state index is 12.5. The Kier molecular flexibility index (Phi) is 4.25. The second-order valence-corrected chi connectivity index (χ2v) is 6.46. The van der Waals surface area contributed by atoms with Crippen molar-refractivity contribution >= 4 is 22.9 Å². The molecule has 1 fully saturated rings. The van der Waals surface area contributed by atoms with E-state index in [0.29, 0.717) is 6.54 Å². The molecule has 110 valence electrons. The van der Waals surface area contributed by atoms with Gasteiger partial charge in [0.1, 0.15) is 0 Å². The highest BCUT2D eigenvalue weighted by Gasteiger charge is 2.30. The van der Waals surface area contributed by atoms with Gasteiger partial charge in [0.15, 0.2) is 0 Å². The molecular formula is C17H20N2OS. The predicted octanol–water partition coefficient (Wildman–Crippen LogP) is 3.83. The molecule has 1 saturated heterocycles. The summed E-state index contributed by atoms with van der Waals surface area (Å²) in [5.74, 6) is 0.187. The second-order valence-electron chi connectivity index (χ2n) is 5.48. The van der Waals surface area contributed by atoms with Crippen LogP contribution >= 0.6 is 11.3 Å². The van der Waals surface area contributed by atoms with Crippen molar-refractivity contribution < 1.29 is 4.79 Å². The van der Waals surface area contributed by atoms with Crippen molar-refractivity contribution in [3.05, 3.63) is 52.2 Å². The summed E-state index contributed by atoms with van der Waals surface area (Å²) in [4.78, 5) is 15.8. The van der Waals surface area contributed by atoms with E-state index in [9.17, 15) is 4.79 Å². The molecule has 1 aliphatic rings. The zero-order chi connectivity index (χ0) is 14.7. The van der Waals surface area contributed by atoms with Gasteiger partial charge in [-0.15, -0.1) is 11.3 Å². The minimum Gasteiger partial charge on any atom is -0.376 e. The highest BCUT2D eigenvalue weighted by atomic mass is 32.1.